The van der Waals surface area contributed by atoms with E-state index >= 15 is 0 Å². The van der Waals surface area contributed by atoms with Crippen LogP contribution in [0.5, 0.6) is 11.5 Å². The molecular weight excluding hydrogens is 462 g/mol. The number of methoxy groups -OCH3 is 2. The Morgan fingerprint density at radius 2 is 1.71 bits per heavy atom. The van der Waals surface area contributed by atoms with E-state index in [1.165, 1.54) is 11.8 Å². The Kier molecular flexibility index (Phi) is 8.34. The average Bonchev–Trinajstić information content (AvgIpc) is 3.30. The van der Waals surface area contributed by atoms with Crippen LogP contribution in [0.2, 0.25) is 0 Å². The number of ether oxygens (including phenoxy) is 2. The lowest BCUT2D eigenvalue weighted by atomic mass is 10.1. The minimum atomic E-state index is -0.0600. The quantitative estimate of drug-likeness (QED) is 0.320. The van der Waals surface area contributed by atoms with Gasteiger partial charge in [-0.3, -0.25) is 14.3 Å². The summed E-state index contributed by atoms with van der Waals surface area (Å²) in [6.07, 6.45) is 4.15. The summed E-state index contributed by atoms with van der Waals surface area (Å²) in [6, 6.07) is 19.7. The third-order valence-corrected chi connectivity index (χ3v) is 6.32. The summed E-state index contributed by atoms with van der Waals surface area (Å²) in [5.74, 6) is 2.29. The Morgan fingerprint density at radius 3 is 2.46 bits per heavy atom. The fourth-order valence-corrected chi connectivity index (χ4v) is 4.35. The molecule has 0 bridgehead atoms. The highest BCUT2D eigenvalue weighted by atomic mass is 32.2. The molecule has 2 aromatic heterocycles. The van der Waals surface area contributed by atoms with Crippen molar-refractivity contribution >= 4 is 17.7 Å². The van der Waals surface area contributed by atoms with Crippen LogP contribution in [0.3, 0.4) is 0 Å². The summed E-state index contributed by atoms with van der Waals surface area (Å²) in [6.45, 7) is 1.13. The van der Waals surface area contributed by atoms with E-state index in [2.05, 4.69) is 32.6 Å². The molecule has 0 aliphatic heterocycles. The molecule has 0 aliphatic carbocycles. The number of rotatable bonds is 11. The molecule has 4 rings (SSSR count). The molecule has 0 unspecified atom stereocenters. The summed E-state index contributed by atoms with van der Waals surface area (Å²) in [5.41, 5.74) is 3.11. The third-order valence-electron chi connectivity index (χ3n) is 5.36. The van der Waals surface area contributed by atoms with Gasteiger partial charge in [0.25, 0.3) is 0 Å². The molecule has 0 spiro atoms. The van der Waals surface area contributed by atoms with Gasteiger partial charge in [-0.1, -0.05) is 48.2 Å². The fourth-order valence-electron chi connectivity index (χ4n) is 3.58. The second kappa shape index (κ2) is 12.0. The molecule has 2 heterocycles. The molecule has 9 heteroatoms. The van der Waals surface area contributed by atoms with Crippen molar-refractivity contribution in [2.75, 3.05) is 26.5 Å². The zero-order valence-corrected chi connectivity index (χ0v) is 20.5. The first-order valence-corrected chi connectivity index (χ1v) is 12.1. The lowest BCUT2D eigenvalue weighted by Gasteiger charge is -2.11. The topological polar surface area (TPSA) is 91.2 Å². The zero-order chi connectivity index (χ0) is 24.5. The number of nitrogens with one attached hydrogen (secondary N) is 1. The second-order valence-corrected chi connectivity index (χ2v) is 8.63. The summed E-state index contributed by atoms with van der Waals surface area (Å²) < 4.78 is 12.7. The van der Waals surface area contributed by atoms with E-state index in [-0.39, 0.29) is 11.7 Å². The highest BCUT2D eigenvalue weighted by Crippen LogP contribution is 2.28. The highest BCUT2D eigenvalue weighted by molar-refractivity contribution is 7.99. The Balaban J connectivity index is 1.38. The average molecular weight is 490 g/mol. The van der Waals surface area contributed by atoms with Gasteiger partial charge in [-0.15, -0.1) is 10.2 Å². The van der Waals surface area contributed by atoms with Crippen molar-refractivity contribution in [3.05, 3.63) is 84.2 Å². The van der Waals surface area contributed by atoms with Gasteiger partial charge in [-0.2, -0.15) is 0 Å². The van der Waals surface area contributed by atoms with E-state index in [9.17, 15) is 4.79 Å². The van der Waals surface area contributed by atoms with Crippen LogP contribution in [0.4, 0.5) is 0 Å². The van der Waals surface area contributed by atoms with E-state index < -0.39 is 0 Å². The van der Waals surface area contributed by atoms with Gasteiger partial charge < -0.3 is 14.8 Å². The molecule has 0 saturated carbocycles. The number of nitrogens with zero attached hydrogens (tertiary/aromatic N) is 4. The fraction of sp³-hybridized carbons (Fsp3) is 0.231. The van der Waals surface area contributed by atoms with Crippen molar-refractivity contribution in [2.45, 2.75) is 18.1 Å². The van der Waals surface area contributed by atoms with Crippen LogP contribution in [-0.2, 0) is 17.8 Å². The second-order valence-electron chi connectivity index (χ2n) is 7.69. The Labute approximate surface area is 208 Å². The van der Waals surface area contributed by atoms with Crippen LogP contribution < -0.4 is 14.8 Å². The normalized spacial score (nSPS) is 10.7. The number of thioether (sulfide) groups is 1. The van der Waals surface area contributed by atoms with Gasteiger partial charge in [0.2, 0.25) is 5.91 Å². The number of benzene rings is 2. The molecule has 0 atom stereocenters. The van der Waals surface area contributed by atoms with Crippen molar-refractivity contribution < 1.29 is 14.3 Å². The Bertz CT molecular complexity index is 1250. The predicted molar refractivity (Wildman–Crippen MR) is 136 cm³/mol. The van der Waals surface area contributed by atoms with Gasteiger partial charge in [0, 0.05) is 24.5 Å². The molecule has 35 heavy (non-hydrogen) atoms. The van der Waals surface area contributed by atoms with E-state index in [1.54, 1.807) is 26.6 Å². The molecule has 4 aromatic rings. The molecule has 2 aromatic carbocycles. The van der Waals surface area contributed by atoms with Gasteiger partial charge in [-0.05, 0) is 41.8 Å². The monoisotopic (exact) mass is 489 g/mol. The summed E-state index contributed by atoms with van der Waals surface area (Å²) in [4.78, 5) is 16.6. The number of aromatic nitrogens is 4. The largest absolute Gasteiger partial charge is 0.493 e. The maximum Gasteiger partial charge on any atom is 0.230 e. The first-order chi connectivity index (χ1) is 17.2. The number of hydrogen-bond acceptors (Lipinski definition) is 7. The molecule has 1 N–H and O–H groups in total. The lowest BCUT2D eigenvalue weighted by Crippen LogP contribution is -2.27. The van der Waals surface area contributed by atoms with Crippen LogP contribution >= 0.6 is 11.8 Å². The number of carbonyl (C=O) groups is 1. The summed E-state index contributed by atoms with van der Waals surface area (Å²) in [5, 5.41) is 12.4. The van der Waals surface area contributed by atoms with Crippen molar-refractivity contribution in [1.82, 2.24) is 25.1 Å². The number of hydrogen-bond donors (Lipinski definition) is 1. The maximum absolute atomic E-state index is 12.5. The maximum atomic E-state index is 12.5. The Morgan fingerprint density at radius 1 is 0.943 bits per heavy atom. The van der Waals surface area contributed by atoms with Crippen LogP contribution in [-0.4, -0.2) is 52.2 Å². The predicted octanol–water partition coefficient (Wildman–Crippen LogP) is 3.86. The van der Waals surface area contributed by atoms with Crippen LogP contribution in [0.15, 0.2) is 78.2 Å². The third kappa shape index (κ3) is 6.39. The van der Waals surface area contributed by atoms with Crippen molar-refractivity contribution in [1.29, 1.82) is 0 Å². The van der Waals surface area contributed by atoms with Crippen molar-refractivity contribution in [2.24, 2.45) is 0 Å². The number of carbonyl (C=O) groups excluding carboxylic acids is 1. The first-order valence-electron chi connectivity index (χ1n) is 11.2. The molecule has 0 aliphatic rings. The zero-order valence-electron chi connectivity index (χ0n) is 19.7. The SMILES string of the molecule is COc1ccc(CCNC(=O)CSc2nnc(-c3ccncc3)n2Cc2ccccc2)cc1OC. The van der Waals surface area contributed by atoms with E-state index in [0.29, 0.717) is 36.2 Å². The first kappa shape index (κ1) is 24.3. The highest BCUT2D eigenvalue weighted by Gasteiger charge is 2.16. The van der Waals surface area contributed by atoms with E-state index in [4.69, 9.17) is 9.47 Å². The molecule has 180 valence electrons. The molecule has 0 saturated heterocycles. The smallest absolute Gasteiger partial charge is 0.230 e. The van der Waals surface area contributed by atoms with Gasteiger partial charge in [0.1, 0.15) is 0 Å². The minimum Gasteiger partial charge on any atom is -0.493 e. The summed E-state index contributed by atoms with van der Waals surface area (Å²) >= 11 is 1.37. The van der Waals surface area contributed by atoms with E-state index in [0.717, 1.165) is 22.5 Å². The minimum absolute atomic E-state index is 0.0600. The standard InChI is InChI=1S/C26H27N5O3S/c1-33-22-9-8-19(16-23(22)34-2)10-15-28-24(32)18-35-26-30-29-25(21-11-13-27-14-12-21)31(26)17-20-6-4-3-5-7-20/h3-9,11-14,16H,10,15,17-18H2,1-2H3,(H,28,32). The molecule has 1 amide bonds. The van der Waals surface area contributed by atoms with Gasteiger partial charge >= 0.3 is 0 Å². The van der Waals surface area contributed by atoms with E-state index in [1.807, 2.05) is 53.1 Å². The van der Waals surface area contributed by atoms with Crippen molar-refractivity contribution in [3.63, 3.8) is 0 Å². The van der Waals surface area contributed by atoms with Crippen LogP contribution in [0.1, 0.15) is 11.1 Å². The molecule has 0 fully saturated rings. The molecule has 0 radical (unpaired) electrons. The van der Waals surface area contributed by atoms with Gasteiger partial charge in [0.15, 0.2) is 22.5 Å². The van der Waals surface area contributed by atoms with Gasteiger partial charge in [-0.25, -0.2) is 0 Å². The Hall–Kier alpha value is -3.85. The molecular formula is C26H27N5O3S. The lowest BCUT2D eigenvalue weighted by molar-refractivity contribution is -0.118. The number of amides is 1. The molecule has 8 nitrogen and oxygen atoms in total. The van der Waals surface area contributed by atoms with Crippen LogP contribution in [0, 0.1) is 0 Å². The number of pyridine rings is 1. The summed E-state index contributed by atoms with van der Waals surface area (Å²) in [7, 11) is 3.22. The van der Waals surface area contributed by atoms with Crippen LogP contribution in [0.25, 0.3) is 11.4 Å². The van der Waals surface area contributed by atoms with Crippen molar-refractivity contribution in [3.8, 4) is 22.9 Å². The van der Waals surface area contributed by atoms with Gasteiger partial charge in [0.05, 0.1) is 26.5 Å².